The van der Waals surface area contributed by atoms with Gasteiger partial charge in [0, 0.05) is 14.1 Å². The van der Waals surface area contributed by atoms with E-state index >= 15 is 0 Å². The summed E-state index contributed by atoms with van der Waals surface area (Å²) in [6.45, 7) is 0.660. The van der Waals surface area contributed by atoms with Crippen molar-refractivity contribution in [2.45, 2.75) is 18.9 Å². The van der Waals surface area contributed by atoms with Gasteiger partial charge in [0.05, 0.1) is 11.3 Å². The molecule has 0 N–H and O–H groups in total. The smallest absolute Gasteiger partial charge is 0.347 e. The van der Waals surface area contributed by atoms with Gasteiger partial charge in [0.15, 0.2) is 6.04 Å². The summed E-state index contributed by atoms with van der Waals surface area (Å²) in [6, 6.07) is -0.266. The molecule has 0 aliphatic carbocycles. The van der Waals surface area contributed by atoms with E-state index in [0.717, 1.165) is 12.8 Å². The quantitative estimate of drug-likeness (QED) is 0.528. The van der Waals surface area contributed by atoms with Gasteiger partial charge in [-0.15, -0.1) is 4.90 Å². The first-order valence-electron chi connectivity index (χ1n) is 4.02. The highest BCUT2D eigenvalue weighted by molar-refractivity contribution is 5.83. The highest BCUT2D eigenvalue weighted by Gasteiger charge is 2.38. The van der Waals surface area contributed by atoms with Gasteiger partial charge in [-0.1, -0.05) is 0 Å². The molecule has 0 radical (unpaired) electrons. The predicted octanol–water partition coefficient (Wildman–Crippen LogP) is -0.394. The molecule has 1 aliphatic heterocycles. The fourth-order valence-electron chi connectivity index (χ4n) is 1.43. The molecule has 1 fully saturated rings. The lowest BCUT2D eigenvalue weighted by molar-refractivity contribution is -0.132. The first-order valence-corrected chi connectivity index (χ1v) is 4.02. The summed E-state index contributed by atoms with van der Waals surface area (Å²) in [7, 11) is 3.40. The van der Waals surface area contributed by atoms with E-state index in [4.69, 9.17) is 0 Å². The van der Waals surface area contributed by atoms with Crippen molar-refractivity contribution in [1.29, 1.82) is 0 Å². The Bertz CT molecular complexity index is 191. The molecule has 1 atom stereocenters. The second-order valence-electron chi connectivity index (χ2n) is 3.18. The highest BCUT2D eigenvalue weighted by atomic mass is 16.2. The number of nitrogens with zero attached hydrogens (tertiary/aromatic N) is 2. The predicted molar refractivity (Wildman–Crippen MR) is 44.1 cm³/mol. The number of likely N-dealkylation sites (N-methyl/N-ethyl adjacent to an activating group) is 1. The van der Waals surface area contributed by atoms with Gasteiger partial charge in [-0.3, -0.25) is 4.79 Å². The molecular weight excluding hydrogens is 156 g/mol. The molecule has 0 bridgehead atoms. The lowest BCUT2D eigenvalue weighted by atomic mass is 10.2. The summed E-state index contributed by atoms with van der Waals surface area (Å²) in [4.78, 5) is 24.8. The third kappa shape index (κ3) is 1.53. The summed E-state index contributed by atoms with van der Waals surface area (Å²) >= 11 is 0. The van der Waals surface area contributed by atoms with E-state index in [1.54, 1.807) is 20.5 Å². The Morgan fingerprint density at radius 1 is 1.58 bits per heavy atom. The molecule has 0 saturated carbocycles. The summed E-state index contributed by atoms with van der Waals surface area (Å²) < 4.78 is 0. The average molecular weight is 169 g/mol. The molecule has 12 heavy (non-hydrogen) atoms. The van der Waals surface area contributed by atoms with E-state index in [-0.39, 0.29) is 11.9 Å². The third-order valence-electron chi connectivity index (χ3n) is 2.10. The number of carbonyl (C=O) groups excluding carboxylic acids is 2. The minimum atomic E-state index is -0.266. The molecule has 1 aliphatic rings. The summed E-state index contributed by atoms with van der Waals surface area (Å²) in [5.41, 5.74) is 0. The van der Waals surface area contributed by atoms with Gasteiger partial charge in [0.25, 0.3) is 0 Å². The van der Waals surface area contributed by atoms with Crippen molar-refractivity contribution >= 4 is 12.3 Å². The zero-order chi connectivity index (χ0) is 9.14. The van der Waals surface area contributed by atoms with Crippen LogP contribution < -0.4 is 0 Å². The standard InChI is InChI=1S/C8H13N2O2/c1-9(2)8(12)7-4-3-5-10(7)6-11/h7H,3-5H2,1-2H3/q+1. The van der Waals surface area contributed by atoms with Crippen molar-refractivity contribution in [2.24, 2.45) is 0 Å². The Kier molecular flexibility index (Phi) is 2.61. The lowest BCUT2D eigenvalue weighted by Gasteiger charge is -2.15. The SMILES string of the molecule is CN(C)C(=O)C1CCCN1[C+]=O. The van der Waals surface area contributed by atoms with Gasteiger partial charge in [-0.2, -0.15) is 0 Å². The average Bonchev–Trinajstić information content (AvgIpc) is 2.49. The first-order chi connectivity index (χ1) is 5.66. The van der Waals surface area contributed by atoms with Crippen molar-refractivity contribution in [3.05, 3.63) is 0 Å². The topological polar surface area (TPSA) is 40.6 Å². The molecule has 0 spiro atoms. The number of rotatable bonds is 2. The summed E-state index contributed by atoms with van der Waals surface area (Å²) in [5, 5.41) is 0. The second-order valence-corrected chi connectivity index (χ2v) is 3.18. The first kappa shape index (κ1) is 8.94. The second kappa shape index (κ2) is 3.50. The zero-order valence-electron chi connectivity index (χ0n) is 7.41. The number of amides is 2. The highest BCUT2D eigenvalue weighted by Crippen LogP contribution is 2.16. The van der Waals surface area contributed by atoms with Gasteiger partial charge >= 0.3 is 6.41 Å². The third-order valence-corrected chi connectivity index (χ3v) is 2.10. The molecule has 1 rings (SSSR count). The van der Waals surface area contributed by atoms with Crippen LogP contribution in [-0.2, 0) is 9.59 Å². The lowest BCUT2D eigenvalue weighted by Crippen LogP contribution is -2.41. The maximum atomic E-state index is 11.4. The Morgan fingerprint density at radius 3 is 2.75 bits per heavy atom. The largest absolute Gasteiger partial charge is 0.668 e. The normalized spacial score (nSPS) is 22.2. The van der Waals surface area contributed by atoms with Gasteiger partial charge in [-0.05, 0) is 12.8 Å². The van der Waals surface area contributed by atoms with Crippen LogP contribution >= 0.6 is 0 Å². The Morgan fingerprint density at radius 2 is 2.25 bits per heavy atom. The molecule has 1 heterocycles. The fourth-order valence-corrected chi connectivity index (χ4v) is 1.43. The van der Waals surface area contributed by atoms with Gasteiger partial charge < -0.3 is 4.90 Å². The molecule has 0 aromatic heterocycles. The zero-order valence-corrected chi connectivity index (χ0v) is 7.41. The van der Waals surface area contributed by atoms with Gasteiger partial charge in [-0.25, -0.2) is 0 Å². The van der Waals surface area contributed by atoms with Gasteiger partial charge in [0.2, 0.25) is 5.91 Å². The van der Waals surface area contributed by atoms with Crippen LogP contribution in [0.1, 0.15) is 12.8 Å². The van der Waals surface area contributed by atoms with Crippen LogP contribution in [0.3, 0.4) is 0 Å². The molecular formula is C8H13N2O2+. The Labute approximate surface area is 72.1 Å². The minimum absolute atomic E-state index is 0.00384. The van der Waals surface area contributed by atoms with Crippen LogP contribution in [-0.4, -0.2) is 48.8 Å². The maximum Gasteiger partial charge on any atom is 0.668 e. The van der Waals surface area contributed by atoms with Crippen LogP contribution in [0, 0.1) is 0 Å². The van der Waals surface area contributed by atoms with Crippen LogP contribution in [0.25, 0.3) is 0 Å². The molecule has 0 aromatic rings. The molecule has 2 amide bonds. The molecule has 66 valence electrons. The molecule has 1 saturated heterocycles. The van der Waals surface area contributed by atoms with E-state index in [1.807, 2.05) is 0 Å². The van der Waals surface area contributed by atoms with Crippen LogP contribution in [0.5, 0.6) is 0 Å². The molecule has 4 heteroatoms. The van der Waals surface area contributed by atoms with Crippen molar-refractivity contribution in [3.8, 4) is 0 Å². The van der Waals surface area contributed by atoms with Crippen molar-refractivity contribution in [3.63, 3.8) is 0 Å². The number of carbonyl (C=O) groups is 1. The van der Waals surface area contributed by atoms with Crippen LogP contribution in [0.15, 0.2) is 0 Å². The van der Waals surface area contributed by atoms with E-state index in [2.05, 4.69) is 0 Å². The Balaban J connectivity index is 2.61. The van der Waals surface area contributed by atoms with E-state index < -0.39 is 0 Å². The molecule has 4 nitrogen and oxygen atoms in total. The number of hydrogen-bond acceptors (Lipinski definition) is 2. The van der Waals surface area contributed by atoms with Crippen LogP contribution in [0.2, 0.25) is 0 Å². The minimum Gasteiger partial charge on any atom is -0.347 e. The number of likely N-dealkylation sites (tertiary alicyclic amines) is 1. The van der Waals surface area contributed by atoms with E-state index in [0.29, 0.717) is 6.54 Å². The number of hydrogen-bond donors (Lipinski definition) is 0. The van der Waals surface area contributed by atoms with Crippen molar-refractivity contribution in [1.82, 2.24) is 9.80 Å². The summed E-state index contributed by atoms with van der Waals surface area (Å²) in [5.74, 6) is -0.00384. The van der Waals surface area contributed by atoms with Crippen LogP contribution in [0.4, 0.5) is 0 Å². The Hall–Kier alpha value is -1.15. The molecule has 1 unspecified atom stereocenters. The van der Waals surface area contributed by atoms with E-state index in [1.165, 1.54) is 9.80 Å². The van der Waals surface area contributed by atoms with Gasteiger partial charge in [0.1, 0.15) is 0 Å². The van der Waals surface area contributed by atoms with Crippen molar-refractivity contribution in [2.75, 3.05) is 20.6 Å². The van der Waals surface area contributed by atoms with E-state index in [9.17, 15) is 9.59 Å². The fraction of sp³-hybridized carbons (Fsp3) is 0.750. The summed E-state index contributed by atoms with van der Waals surface area (Å²) in [6.07, 6.45) is 3.46. The molecule has 0 aromatic carbocycles. The monoisotopic (exact) mass is 169 g/mol. The maximum absolute atomic E-state index is 11.4. The van der Waals surface area contributed by atoms with Crippen molar-refractivity contribution < 1.29 is 9.59 Å².